The van der Waals surface area contributed by atoms with E-state index in [0.29, 0.717) is 11.1 Å². The van der Waals surface area contributed by atoms with E-state index in [-0.39, 0.29) is 9.84 Å². The number of benzene rings is 2. The van der Waals surface area contributed by atoms with Gasteiger partial charge >= 0.3 is 11.9 Å². The second-order valence-electron chi connectivity index (χ2n) is 6.78. The van der Waals surface area contributed by atoms with Crippen molar-refractivity contribution in [2.75, 3.05) is 0 Å². The van der Waals surface area contributed by atoms with E-state index in [1.54, 1.807) is 48.5 Å². The van der Waals surface area contributed by atoms with E-state index in [2.05, 4.69) is 22.6 Å². The van der Waals surface area contributed by atoms with Crippen molar-refractivity contribution in [1.29, 1.82) is 0 Å². The molecule has 0 bridgehead atoms. The zero-order chi connectivity index (χ0) is 20.5. The van der Waals surface area contributed by atoms with Crippen molar-refractivity contribution in [1.82, 2.24) is 0 Å². The van der Waals surface area contributed by atoms with E-state index in [4.69, 9.17) is 9.47 Å². The molecule has 4 atom stereocenters. The summed E-state index contributed by atoms with van der Waals surface area (Å²) in [5.74, 6) is -0.749. The summed E-state index contributed by atoms with van der Waals surface area (Å²) in [6, 6.07) is 17.8. The fourth-order valence-electron chi connectivity index (χ4n) is 2.85. The minimum absolute atomic E-state index is 0.0211. The van der Waals surface area contributed by atoms with Gasteiger partial charge in [-0.3, -0.25) is 0 Å². The molecule has 0 saturated carbocycles. The first-order valence-electron chi connectivity index (χ1n) is 9.64. The Morgan fingerprint density at radius 1 is 0.786 bits per heavy atom. The van der Waals surface area contributed by atoms with Crippen LogP contribution in [0.15, 0.2) is 60.7 Å². The number of alkyl halides is 1. The molecule has 0 amide bonds. The molecule has 0 spiro atoms. The van der Waals surface area contributed by atoms with Crippen LogP contribution in [0.2, 0.25) is 0 Å². The van der Waals surface area contributed by atoms with Gasteiger partial charge in [0.25, 0.3) is 0 Å². The summed E-state index contributed by atoms with van der Waals surface area (Å²) in [6.45, 7) is 6.09. The predicted octanol–water partition coefficient (Wildman–Crippen LogP) is 5.70. The first-order valence-corrected chi connectivity index (χ1v) is 10.9. The van der Waals surface area contributed by atoms with Gasteiger partial charge in [-0.1, -0.05) is 79.8 Å². The lowest BCUT2D eigenvalue weighted by Crippen LogP contribution is -2.44. The summed E-state index contributed by atoms with van der Waals surface area (Å²) in [6.07, 6.45) is 0.551. The van der Waals surface area contributed by atoms with Crippen LogP contribution in [0.4, 0.5) is 0 Å². The monoisotopic (exact) mass is 494 g/mol. The van der Waals surface area contributed by atoms with Gasteiger partial charge in [0.1, 0.15) is 6.10 Å². The van der Waals surface area contributed by atoms with E-state index in [1.807, 2.05) is 32.9 Å². The molecule has 0 aliphatic heterocycles. The van der Waals surface area contributed by atoms with Crippen LogP contribution in [-0.4, -0.2) is 28.1 Å². The van der Waals surface area contributed by atoms with Crippen LogP contribution in [0.5, 0.6) is 0 Å². The summed E-state index contributed by atoms with van der Waals surface area (Å²) in [4.78, 5) is 25.4. The van der Waals surface area contributed by atoms with E-state index >= 15 is 0 Å². The van der Waals surface area contributed by atoms with Crippen LogP contribution in [-0.2, 0) is 9.47 Å². The molecule has 0 fully saturated rings. The molecule has 2 rings (SSSR count). The largest absolute Gasteiger partial charge is 0.454 e. The number of halogens is 1. The van der Waals surface area contributed by atoms with Crippen LogP contribution in [0, 0.1) is 5.92 Å². The van der Waals surface area contributed by atoms with E-state index < -0.39 is 24.1 Å². The van der Waals surface area contributed by atoms with Gasteiger partial charge < -0.3 is 9.47 Å². The highest BCUT2D eigenvalue weighted by atomic mass is 127. The zero-order valence-corrected chi connectivity index (χ0v) is 18.7. The molecule has 0 heterocycles. The Balaban J connectivity index is 2.26. The quantitative estimate of drug-likeness (QED) is 0.255. The number of rotatable bonds is 9. The van der Waals surface area contributed by atoms with Gasteiger partial charge in [-0.25, -0.2) is 9.59 Å². The highest BCUT2D eigenvalue weighted by Crippen LogP contribution is 2.27. The van der Waals surface area contributed by atoms with Gasteiger partial charge in [0.05, 0.1) is 15.1 Å². The summed E-state index contributed by atoms with van der Waals surface area (Å²) in [7, 11) is 0. The molecule has 0 aromatic heterocycles. The second kappa shape index (κ2) is 11.2. The molecule has 4 nitrogen and oxygen atoms in total. The maximum atomic E-state index is 12.7. The van der Waals surface area contributed by atoms with Crippen LogP contribution in [0.3, 0.4) is 0 Å². The number of hydrogen-bond acceptors (Lipinski definition) is 4. The highest BCUT2D eigenvalue weighted by Gasteiger charge is 2.37. The van der Waals surface area contributed by atoms with Crippen LogP contribution in [0.1, 0.15) is 54.3 Å². The third-order valence-corrected chi connectivity index (χ3v) is 6.37. The molecule has 2 aromatic rings. The first kappa shape index (κ1) is 22.4. The Morgan fingerprint density at radius 3 is 1.61 bits per heavy atom. The molecule has 28 heavy (non-hydrogen) atoms. The lowest BCUT2D eigenvalue weighted by molar-refractivity contribution is -0.0535. The topological polar surface area (TPSA) is 52.6 Å². The fourth-order valence-corrected chi connectivity index (χ4v) is 3.41. The molecule has 150 valence electrons. The Labute approximate surface area is 180 Å². The molecule has 0 aliphatic rings. The van der Waals surface area contributed by atoms with Crippen molar-refractivity contribution in [3.8, 4) is 0 Å². The molecule has 0 unspecified atom stereocenters. The minimum Gasteiger partial charge on any atom is -0.454 e. The molecule has 5 heteroatoms. The van der Waals surface area contributed by atoms with Crippen molar-refractivity contribution < 1.29 is 19.1 Å². The molecule has 0 radical (unpaired) electrons. The smallest absolute Gasteiger partial charge is 0.338 e. The number of hydrogen-bond donors (Lipinski definition) is 0. The molecule has 0 saturated heterocycles. The first-order chi connectivity index (χ1) is 13.5. The van der Waals surface area contributed by atoms with E-state index in [1.165, 1.54) is 0 Å². The van der Waals surface area contributed by atoms with Gasteiger partial charge in [-0.2, -0.15) is 0 Å². The molecule has 0 N–H and O–H groups in total. The van der Waals surface area contributed by atoms with Crippen LogP contribution in [0.25, 0.3) is 0 Å². The molecular weight excluding hydrogens is 467 g/mol. The zero-order valence-electron chi connectivity index (χ0n) is 16.5. The number of carbonyl (C=O) groups excluding carboxylic acids is 2. The average Bonchev–Trinajstić information content (AvgIpc) is 2.75. The summed E-state index contributed by atoms with van der Waals surface area (Å²) in [5, 5.41) is 0. The van der Waals surface area contributed by atoms with E-state index in [9.17, 15) is 9.59 Å². The van der Waals surface area contributed by atoms with Crippen molar-refractivity contribution >= 4 is 34.5 Å². The van der Waals surface area contributed by atoms with Crippen LogP contribution < -0.4 is 0 Å². The Bertz CT molecular complexity index is 682. The molecular formula is C23H27IO4. The second-order valence-corrected chi connectivity index (χ2v) is 8.38. The third kappa shape index (κ3) is 6.06. The van der Waals surface area contributed by atoms with Gasteiger partial charge in [-0.15, -0.1) is 0 Å². The minimum atomic E-state index is -0.527. The maximum Gasteiger partial charge on any atom is 0.338 e. The van der Waals surface area contributed by atoms with Crippen molar-refractivity contribution in [3.05, 3.63) is 71.8 Å². The average molecular weight is 494 g/mol. The van der Waals surface area contributed by atoms with Gasteiger partial charge in [0, 0.05) is 0 Å². The van der Waals surface area contributed by atoms with Crippen molar-refractivity contribution in [3.63, 3.8) is 0 Å². The lowest BCUT2D eigenvalue weighted by Gasteiger charge is -2.33. The van der Waals surface area contributed by atoms with E-state index in [0.717, 1.165) is 12.8 Å². The highest BCUT2D eigenvalue weighted by molar-refractivity contribution is 14.1. The third-order valence-electron chi connectivity index (χ3n) is 4.78. The normalized spacial score (nSPS) is 15.1. The van der Waals surface area contributed by atoms with Gasteiger partial charge in [0.2, 0.25) is 0 Å². The van der Waals surface area contributed by atoms with Crippen molar-refractivity contribution in [2.24, 2.45) is 5.92 Å². The number of ether oxygens (including phenoxy) is 2. The lowest BCUT2D eigenvalue weighted by atomic mass is 9.94. The van der Waals surface area contributed by atoms with Gasteiger partial charge in [-0.05, 0) is 43.0 Å². The summed E-state index contributed by atoms with van der Waals surface area (Å²) in [5.41, 5.74) is 0.981. The number of carbonyl (C=O) groups is 2. The summed E-state index contributed by atoms with van der Waals surface area (Å²) >= 11 is 2.28. The predicted molar refractivity (Wildman–Crippen MR) is 119 cm³/mol. The van der Waals surface area contributed by atoms with Gasteiger partial charge in [0.15, 0.2) is 6.10 Å². The van der Waals surface area contributed by atoms with Crippen LogP contribution >= 0.6 is 22.6 Å². The molecule has 0 aliphatic carbocycles. The Morgan fingerprint density at radius 2 is 1.21 bits per heavy atom. The Kier molecular flexibility index (Phi) is 8.96. The standard InChI is InChI=1S/C23H27IO4/c1-4-16(3)20(27-22(25)17-12-8-6-9-13-17)21(19(24)5-2)28-23(26)18-14-10-7-11-15-18/h6-16,19-21H,4-5H2,1-3H3/t16-,19+,20+,21+/m0/s1. The fraction of sp³-hybridized carbons (Fsp3) is 0.391. The SMILES string of the molecule is CC[C@@H](I)[C@@H](OC(=O)c1ccccc1)[C@H](OC(=O)c1ccccc1)[C@@H](C)CC. The number of esters is 2. The molecule has 2 aromatic carbocycles. The Hall–Kier alpha value is -1.89. The maximum absolute atomic E-state index is 12.7. The van der Waals surface area contributed by atoms with Crippen molar-refractivity contribution in [2.45, 2.75) is 49.7 Å². The summed E-state index contributed by atoms with van der Waals surface area (Å²) < 4.78 is 11.8.